The lowest BCUT2D eigenvalue weighted by Gasteiger charge is -2.38. The fourth-order valence-electron chi connectivity index (χ4n) is 3.09. The summed E-state index contributed by atoms with van der Waals surface area (Å²) < 4.78 is 6.78. The first-order valence-corrected chi connectivity index (χ1v) is 8.78. The molecule has 0 aromatic carbocycles. The maximum absolute atomic E-state index is 12.4. The summed E-state index contributed by atoms with van der Waals surface area (Å²) in [6.45, 7) is 3.13. The Morgan fingerprint density at radius 2 is 2.11 bits per heavy atom. The lowest BCUT2D eigenvalue weighted by molar-refractivity contribution is -0.152. The number of nitrogens with zero attached hydrogens (tertiary/aromatic N) is 2. The molecule has 0 radical (unpaired) electrons. The van der Waals surface area contributed by atoms with E-state index in [0.29, 0.717) is 16.8 Å². The Hall–Kier alpha value is -2.82. The van der Waals surface area contributed by atoms with Crippen LogP contribution in [0.1, 0.15) is 21.6 Å². The van der Waals surface area contributed by atoms with Crippen LogP contribution in [0.3, 0.4) is 0 Å². The number of aliphatic hydroxyl groups excluding tert-OH is 2. The smallest absolute Gasteiger partial charge is 0.328 e. The Morgan fingerprint density at radius 1 is 1.36 bits per heavy atom. The molecule has 1 aliphatic heterocycles. The first-order chi connectivity index (χ1) is 13.3. The molecule has 0 unspecified atom stereocenters. The van der Waals surface area contributed by atoms with Gasteiger partial charge in [-0.15, -0.1) is 0 Å². The van der Waals surface area contributed by atoms with Gasteiger partial charge in [-0.25, -0.2) is 4.79 Å². The van der Waals surface area contributed by atoms with Crippen molar-refractivity contribution in [3.63, 3.8) is 0 Å². The van der Waals surface area contributed by atoms with Gasteiger partial charge in [0.25, 0.3) is 11.5 Å². The third-order valence-corrected chi connectivity index (χ3v) is 4.77. The van der Waals surface area contributed by atoms with Crippen molar-refractivity contribution in [3.05, 3.63) is 62.2 Å². The summed E-state index contributed by atoms with van der Waals surface area (Å²) in [5, 5.41) is 23.4. The molecule has 1 amide bonds. The third-order valence-electron chi connectivity index (χ3n) is 4.77. The fraction of sp³-hybridized carbons (Fsp3) is 0.444. The van der Waals surface area contributed by atoms with E-state index in [2.05, 4.69) is 15.3 Å². The van der Waals surface area contributed by atoms with Crippen LogP contribution >= 0.6 is 0 Å². The van der Waals surface area contributed by atoms with Gasteiger partial charge in [-0.1, -0.05) is 0 Å². The van der Waals surface area contributed by atoms with Gasteiger partial charge >= 0.3 is 5.69 Å². The van der Waals surface area contributed by atoms with Crippen molar-refractivity contribution in [2.45, 2.75) is 44.7 Å². The summed E-state index contributed by atoms with van der Waals surface area (Å²) in [6, 6.07) is 2.41. The van der Waals surface area contributed by atoms with Gasteiger partial charge in [0.05, 0.1) is 24.8 Å². The lowest BCUT2D eigenvalue weighted by atomic mass is 9.97. The van der Waals surface area contributed by atoms with Crippen LogP contribution in [0.5, 0.6) is 0 Å². The molecule has 0 aliphatic carbocycles. The Bertz CT molecular complexity index is 985. The highest BCUT2D eigenvalue weighted by Crippen LogP contribution is 2.18. The molecule has 4 N–H and O–H groups in total. The maximum Gasteiger partial charge on any atom is 0.328 e. The normalized spacial score (nSPS) is 24.7. The third kappa shape index (κ3) is 4.03. The Kier molecular flexibility index (Phi) is 5.73. The molecule has 2 aromatic rings. The Balaban J connectivity index is 1.68. The van der Waals surface area contributed by atoms with Crippen molar-refractivity contribution in [3.8, 4) is 0 Å². The summed E-state index contributed by atoms with van der Waals surface area (Å²) in [7, 11) is 0. The van der Waals surface area contributed by atoms with Crippen LogP contribution in [-0.4, -0.2) is 61.6 Å². The van der Waals surface area contributed by atoms with E-state index in [1.807, 2.05) is 0 Å². The summed E-state index contributed by atoms with van der Waals surface area (Å²) >= 11 is 0. The zero-order chi connectivity index (χ0) is 20.4. The molecule has 10 nitrogen and oxygen atoms in total. The maximum atomic E-state index is 12.4. The zero-order valence-corrected chi connectivity index (χ0v) is 15.5. The van der Waals surface area contributed by atoms with Crippen LogP contribution in [-0.2, 0) is 11.3 Å². The molecule has 1 fully saturated rings. The number of aromatic amines is 1. The van der Waals surface area contributed by atoms with E-state index < -0.39 is 41.5 Å². The number of carbonyl (C=O) groups excluding carboxylic acids is 1. The molecule has 1 aliphatic rings. The van der Waals surface area contributed by atoms with E-state index in [4.69, 9.17) is 4.74 Å². The van der Waals surface area contributed by atoms with E-state index >= 15 is 0 Å². The van der Waals surface area contributed by atoms with Gasteiger partial charge in [0.1, 0.15) is 18.3 Å². The second-order valence-corrected chi connectivity index (χ2v) is 6.79. The molecule has 0 saturated carbocycles. The summed E-state index contributed by atoms with van der Waals surface area (Å²) in [6.07, 6.45) is -0.582. The number of carbonyl (C=O) groups is 1. The zero-order valence-electron chi connectivity index (χ0n) is 15.5. The second-order valence-electron chi connectivity index (χ2n) is 6.79. The van der Waals surface area contributed by atoms with Gasteiger partial charge in [-0.05, 0) is 26.0 Å². The van der Waals surface area contributed by atoms with Crippen molar-refractivity contribution in [2.24, 2.45) is 0 Å². The topological polar surface area (TPSA) is 147 Å². The number of aliphatic hydroxyl groups is 2. The number of hydrogen-bond acceptors (Lipinski definition) is 7. The predicted octanol–water partition coefficient (Wildman–Crippen LogP) is -1.53. The number of pyridine rings is 1. The van der Waals surface area contributed by atoms with Gasteiger partial charge in [-0.2, -0.15) is 0 Å². The first kappa shape index (κ1) is 19.9. The standard InChI is InChI=1S/C18H22N4O6/c1-9-6-22(18(27)21-16(9)25)7-13-15(24)14(23)12(8-28-13)20-17(26)11-4-3-5-19-10(11)2/h3-6,12-15,23-24H,7-8H2,1-2H3,(H,20,26)(H,21,25,27)/t12-,13-,14+,15-/m1/s1. The van der Waals surface area contributed by atoms with Crippen molar-refractivity contribution >= 4 is 5.91 Å². The van der Waals surface area contributed by atoms with Crippen LogP contribution in [0.2, 0.25) is 0 Å². The molecule has 1 saturated heterocycles. The van der Waals surface area contributed by atoms with E-state index in [9.17, 15) is 24.6 Å². The van der Waals surface area contributed by atoms with Crippen LogP contribution in [0.25, 0.3) is 0 Å². The average molecular weight is 390 g/mol. The molecule has 10 heteroatoms. The molecule has 28 heavy (non-hydrogen) atoms. The molecular weight excluding hydrogens is 368 g/mol. The molecule has 4 atom stereocenters. The number of ether oxygens (including phenoxy) is 1. The van der Waals surface area contributed by atoms with Gasteiger partial charge in [0.2, 0.25) is 0 Å². The quantitative estimate of drug-likeness (QED) is 0.495. The lowest BCUT2D eigenvalue weighted by Crippen LogP contribution is -2.60. The number of hydrogen-bond donors (Lipinski definition) is 4. The summed E-state index contributed by atoms with van der Waals surface area (Å²) in [4.78, 5) is 42.0. The number of nitrogens with one attached hydrogen (secondary N) is 2. The molecule has 0 spiro atoms. The van der Waals surface area contributed by atoms with Crippen LogP contribution in [0, 0.1) is 13.8 Å². The van der Waals surface area contributed by atoms with E-state index in [-0.39, 0.29) is 13.2 Å². The monoisotopic (exact) mass is 390 g/mol. The minimum Gasteiger partial charge on any atom is -0.388 e. The molecule has 0 bridgehead atoms. The summed E-state index contributed by atoms with van der Waals surface area (Å²) in [5.41, 5.74) is 0.115. The molecule has 3 heterocycles. The SMILES string of the molecule is Cc1ncccc1C(=O)N[C@@H]1CO[C@H](Cn2cc(C)c(=O)[nH]c2=O)[C@@H](O)[C@H]1O. The molecular formula is C18H22N4O6. The molecule has 2 aromatic heterocycles. The Morgan fingerprint density at radius 3 is 2.82 bits per heavy atom. The predicted molar refractivity (Wildman–Crippen MR) is 98.0 cm³/mol. The van der Waals surface area contributed by atoms with E-state index in [1.54, 1.807) is 32.2 Å². The van der Waals surface area contributed by atoms with Crippen molar-refractivity contribution in [1.29, 1.82) is 0 Å². The number of rotatable bonds is 4. The van der Waals surface area contributed by atoms with Crippen molar-refractivity contribution in [2.75, 3.05) is 6.61 Å². The fourth-order valence-corrected chi connectivity index (χ4v) is 3.09. The largest absolute Gasteiger partial charge is 0.388 e. The number of amides is 1. The molecule has 3 rings (SSSR count). The van der Waals surface area contributed by atoms with Gasteiger partial charge in [0, 0.05) is 23.7 Å². The number of aryl methyl sites for hydroxylation is 2. The van der Waals surface area contributed by atoms with Crippen LogP contribution in [0.4, 0.5) is 0 Å². The number of H-pyrrole nitrogens is 1. The first-order valence-electron chi connectivity index (χ1n) is 8.78. The number of aromatic nitrogens is 3. The van der Waals surface area contributed by atoms with E-state index in [1.165, 1.54) is 10.8 Å². The summed E-state index contributed by atoms with van der Waals surface area (Å²) in [5.74, 6) is -0.434. The average Bonchev–Trinajstić information content (AvgIpc) is 2.65. The van der Waals surface area contributed by atoms with E-state index in [0.717, 1.165) is 0 Å². The van der Waals surface area contributed by atoms with Crippen molar-refractivity contribution in [1.82, 2.24) is 19.9 Å². The van der Waals surface area contributed by atoms with Crippen molar-refractivity contribution < 1.29 is 19.7 Å². The van der Waals surface area contributed by atoms with Gasteiger partial charge < -0.3 is 20.3 Å². The van der Waals surface area contributed by atoms with Gasteiger partial charge in [0.15, 0.2) is 0 Å². The second kappa shape index (κ2) is 8.05. The molecule has 150 valence electrons. The minimum absolute atomic E-state index is 0.0506. The highest BCUT2D eigenvalue weighted by Gasteiger charge is 2.39. The van der Waals surface area contributed by atoms with Crippen LogP contribution in [0.15, 0.2) is 34.1 Å². The minimum atomic E-state index is -1.34. The van der Waals surface area contributed by atoms with Crippen LogP contribution < -0.4 is 16.6 Å². The Labute approximate surface area is 159 Å². The highest BCUT2D eigenvalue weighted by molar-refractivity contribution is 5.95. The highest BCUT2D eigenvalue weighted by atomic mass is 16.5. The van der Waals surface area contributed by atoms with Gasteiger partial charge in [-0.3, -0.25) is 24.1 Å².